The zero-order valence-electron chi connectivity index (χ0n) is 20.8. The maximum absolute atomic E-state index is 13.5. The van der Waals surface area contributed by atoms with Gasteiger partial charge >= 0.3 is 12.3 Å². The number of fused-ring (bicyclic) bond motifs is 1. The van der Waals surface area contributed by atoms with E-state index in [1.165, 1.54) is 6.07 Å². The van der Waals surface area contributed by atoms with E-state index in [0.29, 0.717) is 28.0 Å². The second kappa shape index (κ2) is 9.85. The second-order valence-corrected chi connectivity index (χ2v) is 9.64. The van der Waals surface area contributed by atoms with Gasteiger partial charge in [-0.2, -0.15) is 13.2 Å². The standard InChI is InChI=1S/C27H27F3N4O3/c1-15-18(23(35)21-14-32-24-19(21)6-5-11-31-24)9-10-22(34-15)20-12-17(27(28,29)30)8-7-16(20)13-33-25(36)37-26(2,3)4/h5-12,14,23,35H,13H2,1-4H3,(H,31,32)(H,33,36). The highest BCUT2D eigenvalue weighted by atomic mass is 19.4. The highest BCUT2D eigenvalue weighted by Gasteiger charge is 2.31. The van der Waals surface area contributed by atoms with Gasteiger partial charge in [-0.15, -0.1) is 0 Å². The minimum atomic E-state index is -4.56. The maximum atomic E-state index is 13.5. The van der Waals surface area contributed by atoms with Gasteiger partial charge in [0.25, 0.3) is 0 Å². The van der Waals surface area contributed by atoms with E-state index >= 15 is 0 Å². The Hall–Kier alpha value is -3.92. The Labute approximate surface area is 211 Å². The number of halogens is 3. The fourth-order valence-electron chi connectivity index (χ4n) is 4.01. The number of aliphatic hydroxyl groups excluding tert-OH is 1. The molecule has 0 fully saturated rings. The summed E-state index contributed by atoms with van der Waals surface area (Å²) in [5.74, 6) is 0. The molecule has 3 aromatic heterocycles. The third kappa shape index (κ3) is 5.91. The van der Waals surface area contributed by atoms with E-state index in [0.717, 1.165) is 17.5 Å². The molecule has 0 radical (unpaired) electrons. The monoisotopic (exact) mass is 512 g/mol. The first-order valence-electron chi connectivity index (χ1n) is 11.6. The summed E-state index contributed by atoms with van der Waals surface area (Å²) in [6.07, 6.45) is -2.95. The predicted octanol–water partition coefficient (Wildman–Crippen LogP) is 6.06. The van der Waals surface area contributed by atoms with Crippen molar-refractivity contribution in [2.75, 3.05) is 0 Å². The number of nitrogens with one attached hydrogen (secondary N) is 2. The third-order valence-corrected chi connectivity index (χ3v) is 5.73. The number of H-pyrrole nitrogens is 1. The average Bonchev–Trinajstić information content (AvgIpc) is 3.25. The van der Waals surface area contributed by atoms with Gasteiger partial charge in [0.1, 0.15) is 17.4 Å². The topological polar surface area (TPSA) is 100 Å². The summed E-state index contributed by atoms with van der Waals surface area (Å²) in [6, 6.07) is 10.1. The minimum Gasteiger partial charge on any atom is -0.444 e. The molecule has 0 saturated carbocycles. The Balaban J connectivity index is 1.68. The quantitative estimate of drug-likeness (QED) is 0.302. The summed E-state index contributed by atoms with van der Waals surface area (Å²) in [5.41, 5.74) is 1.57. The second-order valence-electron chi connectivity index (χ2n) is 9.64. The van der Waals surface area contributed by atoms with Gasteiger partial charge in [-0.05, 0) is 63.6 Å². The van der Waals surface area contributed by atoms with Crippen molar-refractivity contribution in [2.24, 2.45) is 0 Å². The zero-order valence-corrected chi connectivity index (χ0v) is 20.8. The van der Waals surface area contributed by atoms with Crippen LogP contribution in [0.15, 0.2) is 54.9 Å². The number of pyridine rings is 2. The lowest BCUT2D eigenvalue weighted by molar-refractivity contribution is -0.137. The number of carbonyl (C=O) groups excluding carboxylic acids is 1. The fraction of sp³-hybridized carbons (Fsp3) is 0.296. The van der Waals surface area contributed by atoms with Crippen molar-refractivity contribution in [1.82, 2.24) is 20.3 Å². The first-order valence-corrected chi connectivity index (χ1v) is 11.6. The van der Waals surface area contributed by atoms with E-state index in [-0.39, 0.29) is 17.8 Å². The van der Waals surface area contributed by atoms with Crippen LogP contribution >= 0.6 is 0 Å². The lowest BCUT2D eigenvalue weighted by Crippen LogP contribution is -2.32. The number of amides is 1. The highest BCUT2D eigenvalue weighted by molar-refractivity contribution is 5.80. The average molecular weight is 513 g/mol. The van der Waals surface area contributed by atoms with Gasteiger partial charge in [-0.1, -0.05) is 12.1 Å². The fourth-order valence-corrected chi connectivity index (χ4v) is 4.01. The zero-order chi connectivity index (χ0) is 27.0. The Morgan fingerprint density at radius 2 is 1.89 bits per heavy atom. The molecular formula is C27H27F3N4O3. The molecule has 194 valence electrons. The molecule has 1 aromatic carbocycles. The van der Waals surface area contributed by atoms with Crippen LogP contribution in [0.25, 0.3) is 22.3 Å². The lowest BCUT2D eigenvalue weighted by Gasteiger charge is -2.20. The molecule has 3 N–H and O–H groups in total. The van der Waals surface area contributed by atoms with Crippen molar-refractivity contribution in [3.05, 3.63) is 82.8 Å². The van der Waals surface area contributed by atoms with Crippen LogP contribution in [-0.2, 0) is 17.5 Å². The van der Waals surface area contributed by atoms with Gasteiger partial charge in [-0.25, -0.2) is 9.78 Å². The minimum absolute atomic E-state index is 0.0597. The molecule has 0 aliphatic carbocycles. The van der Waals surface area contributed by atoms with Crippen LogP contribution in [0, 0.1) is 6.92 Å². The Bertz CT molecular complexity index is 1440. The number of aliphatic hydroxyl groups is 1. The third-order valence-electron chi connectivity index (χ3n) is 5.73. The number of aromatic amines is 1. The van der Waals surface area contributed by atoms with E-state index in [1.807, 2.05) is 6.07 Å². The molecule has 4 aromatic rings. The van der Waals surface area contributed by atoms with Crippen molar-refractivity contribution in [2.45, 2.75) is 52.1 Å². The number of alkyl halides is 3. The summed E-state index contributed by atoms with van der Waals surface area (Å²) in [6.45, 7) is 6.76. The molecule has 0 aliphatic heterocycles. The Kier molecular flexibility index (Phi) is 6.96. The molecule has 4 rings (SSSR count). The number of alkyl carbamates (subject to hydrolysis) is 1. The lowest BCUT2D eigenvalue weighted by atomic mass is 9.97. The Morgan fingerprint density at radius 1 is 1.14 bits per heavy atom. The first kappa shape index (κ1) is 26.2. The summed E-state index contributed by atoms with van der Waals surface area (Å²) in [7, 11) is 0. The summed E-state index contributed by atoms with van der Waals surface area (Å²) < 4.78 is 45.7. The smallest absolute Gasteiger partial charge is 0.416 e. The van der Waals surface area contributed by atoms with Crippen LogP contribution in [0.2, 0.25) is 0 Å². The van der Waals surface area contributed by atoms with Gasteiger partial charge in [0.15, 0.2) is 0 Å². The molecule has 1 amide bonds. The van der Waals surface area contributed by atoms with E-state index in [4.69, 9.17) is 4.74 Å². The van der Waals surface area contributed by atoms with E-state index in [1.54, 1.807) is 58.3 Å². The summed E-state index contributed by atoms with van der Waals surface area (Å²) >= 11 is 0. The van der Waals surface area contributed by atoms with Gasteiger partial charge < -0.3 is 20.1 Å². The molecule has 3 heterocycles. The molecule has 0 spiro atoms. The number of aryl methyl sites for hydroxylation is 1. The number of hydrogen-bond donors (Lipinski definition) is 3. The molecule has 1 atom stereocenters. The van der Waals surface area contributed by atoms with Gasteiger partial charge in [0.2, 0.25) is 0 Å². The maximum Gasteiger partial charge on any atom is 0.416 e. The number of rotatable bonds is 5. The van der Waals surface area contributed by atoms with Crippen LogP contribution in [0.5, 0.6) is 0 Å². The molecule has 37 heavy (non-hydrogen) atoms. The van der Waals surface area contributed by atoms with E-state index < -0.39 is 29.5 Å². The molecule has 0 saturated heterocycles. The van der Waals surface area contributed by atoms with Crippen LogP contribution < -0.4 is 5.32 Å². The number of hydrogen-bond acceptors (Lipinski definition) is 5. The molecule has 7 nitrogen and oxygen atoms in total. The SMILES string of the molecule is Cc1nc(-c2cc(C(F)(F)F)ccc2CNC(=O)OC(C)(C)C)ccc1C(O)c1c[nH]c2ncccc12. The molecule has 0 bridgehead atoms. The number of benzene rings is 1. The molecule has 1 unspecified atom stereocenters. The summed E-state index contributed by atoms with van der Waals surface area (Å²) in [4.78, 5) is 23.9. The van der Waals surface area contributed by atoms with Crippen molar-refractivity contribution in [1.29, 1.82) is 0 Å². The van der Waals surface area contributed by atoms with Crippen LogP contribution in [-0.4, -0.2) is 31.8 Å². The van der Waals surface area contributed by atoms with E-state index in [9.17, 15) is 23.1 Å². The molecule has 10 heteroatoms. The van der Waals surface area contributed by atoms with Crippen molar-refractivity contribution in [3.63, 3.8) is 0 Å². The molecule has 0 aliphatic rings. The van der Waals surface area contributed by atoms with Gasteiger partial charge in [0, 0.05) is 46.7 Å². The normalized spacial score (nSPS) is 13.0. The van der Waals surface area contributed by atoms with Gasteiger partial charge in [-0.3, -0.25) is 4.98 Å². The van der Waals surface area contributed by atoms with Crippen LogP contribution in [0.3, 0.4) is 0 Å². The largest absolute Gasteiger partial charge is 0.444 e. The molecular weight excluding hydrogens is 485 g/mol. The predicted molar refractivity (Wildman–Crippen MR) is 133 cm³/mol. The number of aromatic nitrogens is 3. The first-order chi connectivity index (χ1) is 17.3. The number of carbonyl (C=O) groups is 1. The van der Waals surface area contributed by atoms with E-state index in [2.05, 4.69) is 20.3 Å². The van der Waals surface area contributed by atoms with Crippen molar-refractivity contribution in [3.8, 4) is 11.3 Å². The Morgan fingerprint density at radius 3 is 2.57 bits per heavy atom. The van der Waals surface area contributed by atoms with Crippen molar-refractivity contribution < 1.29 is 27.8 Å². The number of ether oxygens (including phenoxy) is 1. The number of nitrogens with zero attached hydrogens (tertiary/aromatic N) is 2. The van der Waals surface area contributed by atoms with Crippen LogP contribution in [0.1, 0.15) is 54.8 Å². The highest BCUT2D eigenvalue weighted by Crippen LogP contribution is 2.35. The van der Waals surface area contributed by atoms with Crippen molar-refractivity contribution >= 4 is 17.1 Å². The van der Waals surface area contributed by atoms with Gasteiger partial charge in [0.05, 0.1) is 11.3 Å². The van der Waals surface area contributed by atoms with Crippen LogP contribution in [0.4, 0.5) is 18.0 Å². The summed E-state index contributed by atoms with van der Waals surface area (Å²) in [5, 5.41) is 14.4.